The van der Waals surface area contributed by atoms with Crippen LogP contribution in [0.15, 0.2) is 42.7 Å². The lowest BCUT2D eigenvalue weighted by molar-refractivity contribution is 0.519. The number of aromatic nitrogens is 2. The SMILES string of the molecule is CC(C)(C)c1cc2nc(-c3ccc(F)cc3)cn2cc1F. The molecule has 2 heterocycles. The predicted molar refractivity (Wildman–Crippen MR) is 79.2 cm³/mol. The smallest absolute Gasteiger partial charge is 0.143 e. The van der Waals surface area contributed by atoms with Crippen LogP contribution in [-0.2, 0) is 5.41 Å². The van der Waals surface area contributed by atoms with Gasteiger partial charge in [0.2, 0.25) is 0 Å². The first-order valence-electron chi connectivity index (χ1n) is 6.79. The molecule has 0 N–H and O–H groups in total. The quantitative estimate of drug-likeness (QED) is 0.640. The minimum absolute atomic E-state index is 0.252. The van der Waals surface area contributed by atoms with Gasteiger partial charge in [-0.1, -0.05) is 20.8 Å². The average molecular weight is 286 g/mol. The summed E-state index contributed by atoms with van der Waals surface area (Å²) in [5.74, 6) is -0.540. The third kappa shape index (κ3) is 2.53. The summed E-state index contributed by atoms with van der Waals surface area (Å²) in [6.45, 7) is 5.89. The summed E-state index contributed by atoms with van der Waals surface area (Å²) < 4.78 is 28.8. The van der Waals surface area contributed by atoms with Crippen molar-refractivity contribution in [2.45, 2.75) is 26.2 Å². The lowest BCUT2D eigenvalue weighted by Gasteiger charge is -2.19. The van der Waals surface area contributed by atoms with Crippen molar-refractivity contribution < 1.29 is 8.78 Å². The highest BCUT2D eigenvalue weighted by atomic mass is 19.1. The average Bonchev–Trinajstić information content (AvgIpc) is 2.80. The van der Waals surface area contributed by atoms with Crippen molar-refractivity contribution in [2.75, 3.05) is 0 Å². The normalized spacial score (nSPS) is 12.0. The molecule has 0 unspecified atom stereocenters. The molecule has 1 aromatic carbocycles. The maximum atomic E-state index is 14.2. The highest BCUT2D eigenvalue weighted by Gasteiger charge is 2.20. The van der Waals surface area contributed by atoms with Crippen molar-refractivity contribution in [3.8, 4) is 11.3 Å². The second kappa shape index (κ2) is 4.65. The number of rotatable bonds is 1. The number of nitrogens with zero attached hydrogens (tertiary/aromatic N) is 2. The van der Waals surface area contributed by atoms with Crippen molar-refractivity contribution in [2.24, 2.45) is 0 Å². The molecule has 0 aliphatic heterocycles. The van der Waals surface area contributed by atoms with Gasteiger partial charge in [-0.05, 0) is 41.3 Å². The van der Waals surface area contributed by atoms with Gasteiger partial charge in [0.25, 0.3) is 0 Å². The molecular weight excluding hydrogens is 270 g/mol. The van der Waals surface area contributed by atoms with Crippen LogP contribution in [0.2, 0.25) is 0 Å². The molecule has 108 valence electrons. The number of fused-ring (bicyclic) bond motifs is 1. The van der Waals surface area contributed by atoms with Crippen molar-refractivity contribution >= 4 is 5.65 Å². The summed E-state index contributed by atoms with van der Waals surface area (Å²) in [5.41, 5.74) is 2.53. The Labute approximate surface area is 122 Å². The van der Waals surface area contributed by atoms with E-state index >= 15 is 0 Å². The Bertz CT molecular complexity index is 796. The molecule has 0 aliphatic carbocycles. The fraction of sp³-hybridized carbons (Fsp3) is 0.235. The molecule has 4 heteroatoms. The standard InChI is InChI=1S/C17H16F2N2/c1-17(2,3)13-8-16-20-15(10-21(16)9-14(13)19)11-4-6-12(18)7-5-11/h4-10H,1-3H3. The van der Waals surface area contributed by atoms with Gasteiger partial charge in [-0.15, -0.1) is 0 Å². The van der Waals surface area contributed by atoms with Crippen LogP contribution in [0.5, 0.6) is 0 Å². The summed E-state index contributed by atoms with van der Waals surface area (Å²) in [6, 6.07) is 7.87. The zero-order valence-electron chi connectivity index (χ0n) is 12.2. The Hall–Kier alpha value is -2.23. The molecule has 0 spiro atoms. The van der Waals surface area contributed by atoms with E-state index in [0.717, 1.165) is 5.56 Å². The third-order valence-electron chi connectivity index (χ3n) is 3.49. The van der Waals surface area contributed by atoms with Crippen LogP contribution in [0.3, 0.4) is 0 Å². The minimum atomic E-state index is -0.288. The molecular formula is C17H16F2N2. The third-order valence-corrected chi connectivity index (χ3v) is 3.49. The molecule has 0 saturated carbocycles. The number of imidazole rings is 1. The second-order valence-corrected chi connectivity index (χ2v) is 6.18. The van der Waals surface area contributed by atoms with E-state index in [1.807, 2.05) is 20.8 Å². The first-order valence-corrected chi connectivity index (χ1v) is 6.79. The summed E-state index contributed by atoms with van der Waals surface area (Å²) >= 11 is 0. The Morgan fingerprint density at radius 3 is 2.29 bits per heavy atom. The minimum Gasteiger partial charge on any atom is -0.303 e. The number of hydrogen-bond acceptors (Lipinski definition) is 1. The van der Waals surface area contributed by atoms with E-state index in [2.05, 4.69) is 4.98 Å². The van der Waals surface area contributed by atoms with Crippen LogP contribution >= 0.6 is 0 Å². The highest BCUT2D eigenvalue weighted by Crippen LogP contribution is 2.27. The molecule has 2 nitrogen and oxygen atoms in total. The van der Waals surface area contributed by atoms with Gasteiger partial charge in [-0.2, -0.15) is 0 Å². The summed E-state index contributed by atoms with van der Waals surface area (Å²) in [7, 11) is 0. The number of benzene rings is 1. The van der Waals surface area contributed by atoms with Gasteiger partial charge in [0.05, 0.1) is 5.69 Å². The van der Waals surface area contributed by atoms with Crippen molar-refractivity contribution in [1.29, 1.82) is 0 Å². The van der Waals surface area contributed by atoms with Crippen LogP contribution in [0, 0.1) is 11.6 Å². The topological polar surface area (TPSA) is 17.3 Å². The van der Waals surface area contributed by atoms with Crippen molar-refractivity contribution in [1.82, 2.24) is 9.38 Å². The first kappa shape index (κ1) is 13.7. The molecule has 0 bridgehead atoms. The van der Waals surface area contributed by atoms with Crippen molar-refractivity contribution in [3.63, 3.8) is 0 Å². The Morgan fingerprint density at radius 2 is 1.67 bits per heavy atom. The molecule has 3 aromatic rings. The zero-order chi connectivity index (χ0) is 15.2. The molecule has 0 saturated heterocycles. The monoisotopic (exact) mass is 286 g/mol. The van der Waals surface area contributed by atoms with E-state index in [-0.39, 0.29) is 17.0 Å². The highest BCUT2D eigenvalue weighted by molar-refractivity contribution is 5.63. The van der Waals surface area contributed by atoms with Crippen LogP contribution in [0.25, 0.3) is 16.9 Å². The van der Waals surface area contributed by atoms with E-state index in [1.165, 1.54) is 18.3 Å². The second-order valence-electron chi connectivity index (χ2n) is 6.18. The molecule has 0 atom stereocenters. The first-order chi connectivity index (χ1) is 9.84. The van der Waals surface area contributed by atoms with Gasteiger partial charge in [0.1, 0.15) is 17.3 Å². The van der Waals surface area contributed by atoms with Crippen molar-refractivity contribution in [3.05, 3.63) is 59.9 Å². The van der Waals surface area contributed by atoms with Gasteiger partial charge >= 0.3 is 0 Å². The molecule has 21 heavy (non-hydrogen) atoms. The Balaban J connectivity index is 2.14. The van der Waals surface area contributed by atoms with Gasteiger partial charge in [0.15, 0.2) is 0 Å². The van der Waals surface area contributed by atoms with Gasteiger partial charge in [-0.25, -0.2) is 13.8 Å². The van der Waals surface area contributed by atoms with E-state index in [0.29, 0.717) is 16.9 Å². The lowest BCUT2D eigenvalue weighted by atomic mass is 9.87. The molecule has 0 aliphatic rings. The van der Waals surface area contributed by atoms with E-state index < -0.39 is 0 Å². The number of halogens is 2. The number of hydrogen-bond donors (Lipinski definition) is 0. The summed E-state index contributed by atoms with van der Waals surface area (Å²) in [5, 5.41) is 0. The van der Waals surface area contributed by atoms with Crippen LogP contribution < -0.4 is 0 Å². The van der Waals surface area contributed by atoms with Crippen LogP contribution in [-0.4, -0.2) is 9.38 Å². The summed E-state index contributed by atoms with van der Waals surface area (Å²) in [6.07, 6.45) is 3.19. The van der Waals surface area contributed by atoms with Gasteiger partial charge in [-0.3, -0.25) is 0 Å². The maximum absolute atomic E-state index is 14.2. The molecule has 0 fully saturated rings. The van der Waals surface area contributed by atoms with E-state index in [9.17, 15) is 8.78 Å². The fourth-order valence-electron chi connectivity index (χ4n) is 2.34. The predicted octanol–water partition coefficient (Wildman–Crippen LogP) is 4.58. The largest absolute Gasteiger partial charge is 0.303 e. The lowest BCUT2D eigenvalue weighted by Crippen LogP contribution is -2.14. The molecule has 2 aromatic heterocycles. The Kier molecular flexibility index (Phi) is 3.04. The molecule has 0 radical (unpaired) electrons. The Morgan fingerprint density at radius 1 is 1.00 bits per heavy atom. The van der Waals surface area contributed by atoms with Gasteiger partial charge in [0, 0.05) is 18.0 Å². The number of pyridine rings is 1. The molecule has 3 rings (SSSR count). The van der Waals surface area contributed by atoms with Crippen LogP contribution in [0.1, 0.15) is 26.3 Å². The maximum Gasteiger partial charge on any atom is 0.143 e. The van der Waals surface area contributed by atoms with Gasteiger partial charge < -0.3 is 4.40 Å². The zero-order valence-corrected chi connectivity index (χ0v) is 12.2. The van der Waals surface area contributed by atoms with E-state index in [4.69, 9.17) is 0 Å². The fourth-order valence-corrected chi connectivity index (χ4v) is 2.34. The molecule has 0 amide bonds. The van der Waals surface area contributed by atoms with Crippen LogP contribution in [0.4, 0.5) is 8.78 Å². The van der Waals surface area contributed by atoms with E-state index in [1.54, 1.807) is 28.8 Å². The summed E-state index contributed by atoms with van der Waals surface area (Å²) in [4.78, 5) is 4.50.